The summed E-state index contributed by atoms with van der Waals surface area (Å²) in [6, 6.07) is 11.9. The highest BCUT2D eigenvalue weighted by molar-refractivity contribution is 5.89. The molecule has 0 amide bonds. The predicted molar refractivity (Wildman–Crippen MR) is 118 cm³/mol. The molecule has 0 aliphatic carbocycles. The van der Waals surface area contributed by atoms with Crippen LogP contribution in [0, 0.1) is 0 Å². The SMILES string of the molecule is CCOc1ccc(C(=O)OOOC(=O)OCCCOC(=O)OOOC(=O)c2ccc(OCC)cc2)cc1. The van der Waals surface area contributed by atoms with E-state index in [9.17, 15) is 19.2 Å². The van der Waals surface area contributed by atoms with E-state index in [2.05, 4.69) is 39.1 Å². The minimum atomic E-state index is -1.31. The summed E-state index contributed by atoms with van der Waals surface area (Å²) in [6.07, 6.45) is -2.60. The van der Waals surface area contributed by atoms with Crippen LogP contribution in [0.4, 0.5) is 9.59 Å². The molecule has 37 heavy (non-hydrogen) atoms. The van der Waals surface area contributed by atoms with E-state index in [4.69, 9.17) is 9.47 Å². The third-order valence-corrected chi connectivity index (χ3v) is 3.95. The van der Waals surface area contributed by atoms with E-state index in [1.165, 1.54) is 24.3 Å². The highest BCUT2D eigenvalue weighted by atomic mass is 17.5. The zero-order valence-corrected chi connectivity index (χ0v) is 19.9. The van der Waals surface area contributed by atoms with Crippen molar-refractivity contribution < 1.29 is 67.8 Å². The molecule has 200 valence electrons. The van der Waals surface area contributed by atoms with E-state index in [-0.39, 0.29) is 30.8 Å². The minimum absolute atomic E-state index is 0.0299. The van der Waals surface area contributed by atoms with Crippen molar-refractivity contribution in [1.29, 1.82) is 0 Å². The third-order valence-electron chi connectivity index (χ3n) is 3.95. The largest absolute Gasteiger partial charge is 0.543 e. The van der Waals surface area contributed by atoms with Gasteiger partial charge >= 0.3 is 24.2 Å². The van der Waals surface area contributed by atoms with Crippen LogP contribution in [0.2, 0.25) is 0 Å². The van der Waals surface area contributed by atoms with Gasteiger partial charge in [-0.25, -0.2) is 29.0 Å². The summed E-state index contributed by atoms with van der Waals surface area (Å²) in [5.74, 6) is -0.716. The van der Waals surface area contributed by atoms with Crippen LogP contribution >= 0.6 is 0 Å². The fraction of sp³-hybridized carbons (Fsp3) is 0.304. The summed E-state index contributed by atoms with van der Waals surface area (Å²) < 4.78 is 19.7. The summed E-state index contributed by atoms with van der Waals surface area (Å²) >= 11 is 0. The molecule has 14 nitrogen and oxygen atoms in total. The lowest BCUT2D eigenvalue weighted by Gasteiger charge is -2.06. The monoisotopic (exact) mass is 524 g/mol. The van der Waals surface area contributed by atoms with Gasteiger partial charge in [-0.1, -0.05) is 0 Å². The van der Waals surface area contributed by atoms with Crippen LogP contribution in [0.15, 0.2) is 48.5 Å². The molecule has 0 aromatic heterocycles. The second-order valence-corrected chi connectivity index (χ2v) is 6.51. The standard InChI is InChI=1S/C23H24O14/c1-3-28-18-10-6-16(7-11-18)20(24)32-36-34-22(26)30-14-5-15-31-23(27)35-37-33-21(25)17-8-12-19(13-9-17)29-4-2/h6-13H,3-5,14-15H2,1-2H3. The Balaban J connectivity index is 1.49. The summed E-state index contributed by atoms with van der Waals surface area (Å²) in [4.78, 5) is 63.1. The molecule has 0 saturated carbocycles. The molecule has 2 rings (SSSR count). The van der Waals surface area contributed by atoms with E-state index in [0.717, 1.165) is 0 Å². The second-order valence-electron chi connectivity index (χ2n) is 6.51. The van der Waals surface area contributed by atoms with Gasteiger partial charge in [-0.3, -0.25) is 9.78 Å². The molecule has 0 N–H and O–H groups in total. The van der Waals surface area contributed by atoms with Gasteiger partial charge in [0.2, 0.25) is 0 Å². The van der Waals surface area contributed by atoms with Crippen molar-refractivity contribution in [3.8, 4) is 11.5 Å². The Hall–Kier alpha value is -4.56. The molecule has 0 radical (unpaired) electrons. The van der Waals surface area contributed by atoms with Gasteiger partial charge in [-0.15, -0.1) is 0 Å². The predicted octanol–water partition coefficient (Wildman–Crippen LogP) is 3.89. The number of benzene rings is 2. The van der Waals surface area contributed by atoms with Gasteiger partial charge in [0.1, 0.15) is 11.5 Å². The summed E-state index contributed by atoms with van der Waals surface area (Å²) in [7, 11) is 0. The van der Waals surface area contributed by atoms with E-state index in [1.807, 2.05) is 13.8 Å². The highest BCUT2D eigenvalue weighted by Gasteiger charge is 2.14. The van der Waals surface area contributed by atoms with Crippen molar-refractivity contribution in [2.75, 3.05) is 26.4 Å². The van der Waals surface area contributed by atoms with Gasteiger partial charge in [0.05, 0.1) is 47.6 Å². The fourth-order valence-corrected chi connectivity index (χ4v) is 2.37. The first-order valence-corrected chi connectivity index (χ1v) is 10.8. The maximum Gasteiger partial charge on any atom is 0.543 e. The van der Waals surface area contributed by atoms with Gasteiger partial charge in [0.15, 0.2) is 0 Å². The fourth-order valence-electron chi connectivity index (χ4n) is 2.37. The first-order valence-electron chi connectivity index (χ1n) is 10.8. The first kappa shape index (κ1) is 28.7. The Morgan fingerprint density at radius 2 is 0.946 bits per heavy atom. The minimum Gasteiger partial charge on any atom is -0.494 e. The van der Waals surface area contributed by atoms with Gasteiger partial charge in [-0.05, 0) is 62.4 Å². The van der Waals surface area contributed by atoms with E-state index >= 15 is 0 Å². The Bertz CT molecular complexity index is 922. The average Bonchev–Trinajstić information content (AvgIpc) is 2.89. The molecule has 0 aliphatic heterocycles. The van der Waals surface area contributed by atoms with E-state index < -0.39 is 24.2 Å². The normalized spacial score (nSPS) is 10.0. The highest BCUT2D eigenvalue weighted by Crippen LogP contribution is 2.14. The average molecular weight is 524 g/mol. The maximum atomic E-state index is 11.8. The third kappa shape index (κ3) is 11.1. The van der Waals surface area contributed by atoms with Crippen LogP contribution in [-0.4, -0.2) is 50.7 Å². The van der Waals surface area contributed by atoms with Crippen molar-refractivity contribution in [2.24, 2.45) is 0 Å². The quantitative estimate of drug-likeness (QED) is 0.151. The molecule has 0 bridgehead atoms. The Morgan fingerprint density at radius 3 is 1.30 bits per heavy atom. The lowest BCUT2D eigenvalue weighted by Crippen LogP contribution is -2.15. The van der Waals surface area contributed by atoms with Gasteiger partial charge in [0, 0.05) is 6.42 Å². The molecule has 0 aliphatic rings. The number of rotatable bonds is 14. The van der Waals surface area contributed by atoms with Crippen LogP contribution in [0.25, 0.3) is 0 Å². The van der Waals surface area contributed by atoms with Gasteiger partial charge in [0.25, 0.3) is 0 Å². The van der Waals surface area contributed by atoms with Crippen LogP contribution < -0.4 is 9.47 Å². The molecular weight excluding hydrogens is 500 g/mol. The van der Waals surface area contributed by atoms with Gasteiger partial charge in [-0.2, -0.15) is 0 Å². The van der Waals surface area contributed by atoms with Gasteiger partial charge < -0.3 is 18.9 Å². The van der Waals surface area contributed by atoms with E-state index in [0.29, 0.717) is 24.7 Å². The second kappa shape index (κ2) is 16.2. The van der Waals surface area contributed by atoms with Crippen LogP contribution in [0.1, 0.15) is 41.0 Å². The zero-order valence-electron chi connectivity index (χ0n) is 19.9. The molecule has 14 heteroatoms. The summed E-state index contributed by atoms with van der Waals surface area (Å²) in [6.45, 7) is 4.06. The number of hydrogen-bond donors (Lipinski definition) is 0. The van der Waals surface area contributed by atoms with Crippen LogP contribution in [0.3, 0.4) is 0 Å². The van der Waals surface area contributed by atoms with Crippen molar-refractivity contribution in [2.45, 2.75) is 20.3 Å². The topological polar surface area (TPSA) is 161 Å². The maximum absolute atomic E-state index is 11.8. The Kier molecular flexibility index (Phi) is 12.5. The van der Waals surface area contributed by atoms with Crippen LogP contribution in [0.5, 0.6) is 11.5 Å². The Morgan fingerprint density at radius 1 is 0.568 bits per heavy atom. The molecular formula is C23H24O14. The zero-order chi connectivity index (χ0) is 26.9. The van der Waals surface area contributed by atoms with Crippen molar-refractivity contribution in [1.82, 2.24) is 0 Å². The van der Waals surface area contributed by atoms with E-state index in [1.54, 1.807) is 24.3 Å². The van der Waals surface area contributed by atoms with Crippen LogP contribution in [-0.2, 0) is 39.1 Å². The van der Waals surface area contributed by atoms with Crippen molar-refractivity contribution in [3.05, 3.63) is 59.7 Å². The molecule has 2 aromatic carbocycles. The lowest BCUT2D eigenvalue weighted by atomic mass is 10.2. The lowest BCUT2D eigenvalue weighted by molar-refractivity contribution is -0.452. The number of carbonyl (C=O) groups excluding carboxylic acids is 4. The summed E-state index contributed by atoms with van der Waals surface area (Å²) in [5, 5.41) is 8.14. The molecule has 0 fully saturated rings. The number of hydrogen-bond acceptors (Lipinski definition) is 14. The number of carbonyl (C=O) groups is 4. The molecule has 0 unspecified atom stereocenters. The van der Waals surface area contributed by atoms with Crippen molar-refractivity contribution in [3.63, 3.8) is 0 Å². The van der Waals surface area contributed by atoms with Crippen molar-refractivity contribution >= 4 is 24.2 Å². The molecule has 0 atom stereocenters. The Labute approximate surface area is 210 Å². The molecule has 0 spiro atoms. The molecule has 0 saturated heterocycles. The number of ether oxygens (including phenoxy) is 4. The first-order chi connectivity index (χ1) is 17.9. The molecule has 0 heterocycles. The summed E-state index contributed by atoms with van der Waals surface area (Å²) in [5.41, 5.74) is 0.249. The smallest absolute Gasteiger partial charge is 0.494 e. The molecule has 2 aromatic rings.